The Morgan fingerprint density at radius 3 is 2.43 bits per heavy atom. The van der Waals surface area contributed by atoms with E-state index in [-0.39, 0.29) is 0 Å². The van der Waals surface area contributed by atoms with Crippen molar-refractivity contribution in [2.45, 2.75) is 20.4 Å². The largest absolute Gasteiger partial charge is 0.308 e. The minimum Gasteiger partial charge on any atom is -0.308 e. The van der Waals surface area contributed by atoms with E-state index in [4.69, 9.17) is 0 Å². The van der Waals surface area contributed by atoms with Gasteiger partial charge in [-0.3, -0.25) is 15.0 Å². The average Bonchev–Trinajstić information content (AvgIpc) is 2.34. The number of halogens is 1. The first-order valence-corrected chi connectivity index (χ1v) is 7.09. The van der Waals surface area contributed by atoms with Crippen molar-refractivity contribution >= 4 is 5.69 Å². The van der Waals surface area contributed by atoms with Crippen molar-refractivity contribution in [1.82, 2.24) is 9.80 Å². The fourth-order valence-corrected chi connectivity index (χ4v) is 2.15. The van der Waals surface area contributed by atoms with Gasteiger partial charge in [0.05, 0.1) is 4.92 Å². The van der Waals surface area contributed by atoms with Crippen molar-refractivity contribution in [1.29, 1.82) is 0 Å². The van der Waals surface area contributed by atoms with Crippen LogP contribution < -0.4 is 0 Å². The van der Waals surface area contributed by atoms with Gasteiger partial charge in [-0.1, -0.05) is 19.9 Å². The van der Waals surface area contributed by atoms with Crippen molar-refractivity contribution in [2.24, 2.45) is 5.92 Å². The van der Waals surface area contributed by atoms with Gasteiger partial charge in [0.25, 0.3) is 0 Å². The molecule has 21 heavy (non-hydrogen) atoms. The van der Waals surface area contributed by atoms with Crippen LogP contribution in [-0.4, -0.2) is 48.5 Å². The molecule has 0 N–H and O–H groups in total. The van der Waals surface area contributed by atoms with Crippen LogP contribution in [0, 0.1) is 21.8 Å². The van der Waals surface area contributed by atoms with Crippen LogP contribution in [0.15, 0.2) is 18.2 Å². The Bertz CT molecular complexity index is 478. The van der Waals surface area contributed by atoms with E-state index in [0.29, 0.717) is 12.5 Å². The van der Waals surface area contributed by atoms with Crippen molar-refractivity contribution in [3.8, 4) is 0 Å². The van der Waals surface area contributed by atoms with Crippen LogP contribution >= 0.6 is 0 Å². The zero-order valence-electron chi connectivity index (χ0n) is 13.2. The smallest absolute Gasteiger partial charge is 0.304 e. The molecule has 0 aliphatic carbocycles. The standard InChI is InChI=1S/C15H24FN3O2/c1-12(2)10-18(8-7-17(3)4)11-13-5-6-15(19(20)21)14(16)9-13/h5-6,9,12H,7-8,10-11H2,1-4H3. The third kappa shape index (κ3) is 6.18. The second-order valence-corrected chi connectivity index (χ2v) is 5.98. The van der Waals surface area contributed by atoms with Crippen LogP contribution in [0.1, 0.15) is 19.4 Å². The average molecular weight is 297 g/mol. The van der Waals surface area contributed by atoms with Gasteiger partial charge in [0.1, 0.15) is 0 Å². The van der Waals surface area contributed by atoms with Crippen molar-refractivity contribution in [2.75, 3.05) is 33.7 Å². The summed E-state index contributed by atoms with van der Waals surface area (Å²) in [6.45, 7) is 7.58. The Labute approximate surface area is 125 Å². The van der Waals surface area contributed by atoms with Gasteiger partial charge in [0.15, 0.2) is 0 Å². The van der Waals surface area contributed by atoms with Gasteiger partial charge in [-0.25, -0.2) is 0 Å². The van der Waals surface area contributed by atoms with E-state index in [1.807, 2.05) is 14.1 Å². The molecule has 0 radical (unpaired) electrons. The fourth-order valence-electron chi connectivity index (χ4n) is 2.15. The second-order valence-electron chi connectivity index (χ2n) is 5.98. The molecule has 0 atom stereocenters. The minimum atomic E-state index is -0.769. The summed E-state index contributed by atoms with van der Waals surface area (Å²) in [5, 5.41) is 10.6. The van der Waals surface area contributed by atoms with Crippen molar-refractivity contribution < 1.29 is 9.31 Å². The maximum Gasteiger partial charge on any atom is 0.304 e. The van der Waals surface area contributed by atoms with E-state index in [0.717, 1.165) is 25.2 Å². The molecule has 0 heterocycles. The predicted octanol–water partition coefficient (Wildman–Crippen LogP) is 2.75. The number of likely N-dealkylation sites (N-methyl/N-ethyl adjacent to an activating group) is 1. The van der Waals surface area contributed by atoms with Crippen LogP contribution in [0.5, 0.6) is 0 Å². The molecule has 0 aliphatic rings. The first-order valence-electron chi connectivity index (χ1n) is 7.09. The third-order valence-corrected chi connectivity index (χ3v) is 3.10. The lowest BCUT2D eigenvalue weighted by Gasteiger charge is -2.25. The summed E-state index contributed by atoms with van der Waals surface area (Å²) >= 11 is 0. The monoisotopic (exact) mass is 297 g/mol. The summed E-state index contributed by atoms with van der Waals surface area (Å²) in [5.41, 5.74) is 0.292. The first kappa shape index (κ1) is 17.5. The second kappa shape index (κ2) is 8.05. The molecule has 0 fully saturated rings. The molecule has 0 aliphatic heterocycles. The molecule has 5 nitrogen and oxygen atoms in total. The van der Waals surface area contributed by atoms with Crippen molar-refractivity contribution in [3.63, 3.8) is 0 Å². The zero-order valence-corrected chi connectivity index (χ0v) is 13.2. The lowest BCUT2D eigenvalue weighted by atomic mass is 10.1. The number of hydrogen-bond acceptors (Lipinski definition) is 4. The molecule has 1 rings (SSSR count). The molecule has 0 amide bonds. The first-order chi connectivity index (χ1) is 9.79. The SMILES string of the molecule is CC(C)CN(CCN(C)C)Cc1ccc([N+](=O)[O-])c(F)c1. The molecule has 118 valence electrons. The number of hydrogen-bond donors (Lipinski definition) is 0. The topological polar surface area (TPSA) is 49.6 Å². The Balaban J connectivity index is 2.77. The Morgan fingerprint density at radius 2 is 1.95 bits per heavy atom. The summed E-state index contributed by atoms with van der Waals surface area (Å²) in [6, 6.07) is 4.13. The summed E-state index contributed by atoms with van der Waals surface area (Å²) in [7, 11) is 4.03. The Hall–Kier alpha value is -1.53. The molecule has 0 saturated heterocycles. The van der Waals surface area contributed by atoms with Crippen LogP contribution in [0.2, 0.25) is 0 Å². The van der Waals surface area contributed by atoms with E-state index in [1.165, 1.54) is 12.1 Å². The molecule has 0 bridgehead atoms. The van der Waals surface area contributed by atoms with Gasteiger partial charge in [-0.05, 0) is 31.6 Å². The molecular weight excluding hydrogens is 273 g/mol. The molecule has 1 aromatic rings. The summed E-state index contributed by atoms with van der Waals surface area (Å²) in [5.74, 6) is -0.260. The lowest BCUT2D eigenvalue weighted by Crippen LogP contribution is -2.34. The number of nitrogens with zero attached hydrogens (tertiary/aromatic N) is 3. The predicted molar refractivity (Wildman–Crippen MR) is 81.7 cm³/mol. The Morgan fingerprint density at radius 1 is 1.29 bits per heavy atom. The van der Waals surface area contributed by atoms with Gasteiger partial charge in [-0.2, -0.15) is 4.39 Å². The van der Waals surface area contributed by atoms with E-state index >= 15 is 0 Å². The van der Waals surface area contributed by atoms with E-state index < -0.39 is 16.4 Å². The Kier molecular flexibility index (Phi) is 6.71. The van der Waals surface area contributed by atoms with Crippen LogP contribution in [0.3, 0.4) is 0 Å². The van der Waals surface area contributed by atoms with Gasteiger partial charge in [0, 0.05) is 32.2 Å². The fraction of sp³-hybridized carbons (Fsp3) is 0.600. The van der Waals surface area contributed by atoms with E-state index in [2.05, 4.69) is 23.6 Å². The highest BCUT2D eigenvalue weighted by molar-refractivity contribution is 5.34. The summed E-state index contributed by atoms with van der Waals surface area (Å²) in [4.78, 5) is 14.3. The third-order valence-electron chi connectivity index (χ3n) is 3.10. The highest BCUT2D eigenvalue weighted by Crippen LogP contribution is 2.19. The summed E-state index contributed by atoms with van der Waals surface area (Å²) < 4.78 is 13.7. The molecule has 1 aromatic carbocycles. The van der Waals surface area contributed by atoms with Crippen LogP contribution in [-0.2, 0) is 6.54 Å². The quantitative estimate of drug-likeness (QED) is 0.547. The van der Waals surface area contributed by atoms with Crippen LogP contribution in [0.4, 0.5) is 10.1 Å². The maximum atomic E-state index is 13.7. The molecule has 0 aromatic heterocycles. The van der Waals surface area contributed by atoms with Crippen molar-refractivity contribution in [3.05, 3.63) is 39.7 Å². The highest BCUT2D eigenvalue weighted by atomic mass is 19.1. The minimum absolute atomic E-state index is 0.470. The van der Waals surface area contributed by atoms with Gasteiger partial charge < -0.3 is 4.90 Å². The van der Waals surface area contributed by atoms with Gasteiger partial charge in [0.2, 0.25) is 5.82 Å². The molecule has 0 saturated carbocycles. The maximum absolute atomic E-state index is 13.7. The summed E-state index contributed by atoms with van der Waals surface area (Å²) in [6.07, 6.45) is 0. The molecule has 6 heteroatoms. The number of benzene rings is 1. The lowest BCUT2D eigenvalue weighted by molar-refractivity contribution is -0.387. The zero-order chi connectivity index (χ0) is 16.0. The molecular formula is C15H24FN3O2. The number of rotatable bonds is 8. The normalized spacial score (nSPS) is 11.6. The van der Waals surface area contributed by atoms with Crippen LogP contribution in [0.25, 0.3) is 0 Å². The van der Waals surface area contributed by atoms with Gasteiger partial charge >= 0.3 is 5.69 Å². The van der Waals surface area contributed by atoms with Gasteiger partial charge in [-0.15, -0.1) is 0 Å². The molecule has 0 spiro atoms. The number of nitro groups is 1. The molecule has 0 unspecified atom stereocenters. The number of nitro benzene ring substituents is 1. The van der Waals surface area contributed by atoms with E-state index in [1.54, 1.807) is 6.07 Å². The van der Waals surface area contributed by atoms with E-state index in [9.17, 15) is 14.5 Å². The highest BCUT2D eigenvalue weighted by Gasteiger charge is 2.15.